The highest BCUT2D eigenvalue weighted by molar-refractivity contribution is 5.96. The average molecular weight is 424 g/mol. The van der Waals surface area contributed by atoms with Gasteiger partial charge in [0.05, 0.1) is 0 Å². The lowest BCUT2D eigenvalue weighted by molar-refractivity contribution is -0.116. The number of hydrogen-bond donors (Lipinski definition) is 3. The molecule has 0 fully saturated rings. The summed E-state index contributed by atoms with van der Waals surface area (Å²) in [4.78, 5) is 22.2. The molecule has 6 heteroatoms. The predicted molar refractivity (Wildman–Crippen MR) is 129 cm³/mol. The summed E-state index contributed by atoms with van der Waals surface area (Å²) in [6.07, 6.45) is 0.518. The molecule has 6 nitrogen and oxygen atoms in total. The Labute approximate surface area is 187 Å². The number of rotatable bonds is 8. The van der Waals surface area contributed by atoms with Crippen molar-refractivity contribution >= 4 is 29.0 Å². The summed E-state index contributed by atoms with van der Waals surface area (Å²) >= 11 is 0. The molecule has 3 aromatic carbocycles. The van der Waals surface area contributed by atoms with Gasteiger partial charge < -0.3 is 16.0 Å². The number of carbonyl (C=O) groups excluding carboxylic acids is 1. The van der Waals surface area contributed by atoms with Gasteiger partial charge in [-0.25, -0.2) is 4.98 Å². The molecule has 0 bridgehead atoms. The number of nitrogens with one attached hydrogen (secondary N) is 3. The molecule has 4 rings (SSSR count). The van der Waals surface area contributed by atoms with Gasteiger partial charge in [0, 0.05) is 29.6 Å². The van der Waals surface area contributed by atoms with Crippen LogP contribution in [0, 0.1) is 6.92 Å². The van der Waals surface area contributed by atoms with Gasteiger partial charge >= 0.3 is 0 Å². The van der Waals surface area contributed by atoms with Crippen molar-refractivity contribution in [2.24, 2.45) is 0 Å². The van der Waals surface area contributed by atoms with Crippen molar-refractivity contribution in [1.82, 2.24) is 9.97 Å². The summed E-state index contributed by atoms with van der Waals surface area (Å²) in [5, 5.41) is 9.52. The zero-order chi connectivity index (χ0) is 22.2. The lowest BCUT2D eigenvalue weighted by Gasteiger charge is -2.20. The van der Waals surface area contributed by atoms with E-state index in [0.717, 1.165) is 22.6 Å². The molecule has 0 radical (unpaired) electrons. The largest absolute Gasteiger partial charge is 0.358 e. The number of nitrogens with zero attached hydrogens (tertiary/aromatic N) is 2. The zero-order valence-electron chi connectivity index (χ0n) is 17.8. The molecule has 0 saturated carbocycles. The maximum atomic E-state index is 13.1. The van der Waals surface area contributed by atoms with Crippen molar-refractivity contribution in [3.63, 3.8) is 0 Å². The summed E-state index contributed by atoms with van der Waals surface area (Å²) in [5.74, 6) is 0.926. The molecule has 0 aliphatic rings. The zero-order valence-corrected chi connectivity index (χ0v) is 17.8. The average Bonchev–Trinajstić information content (AvgIpc) is 2.80. The molecule has 1 aromatic heterocycles. The number of anilines is 4. The second kappa shape index (κ2) is 10.2. The Morgan fingerprint density at radius 2 is 1.41 bits per heavy atom. The Balaban J connectivity index is 1.56. The normalized spacial score (nSPS) is 11.4. The number of aryl methyl sites for hydroxylation is 1. The van der Waals surface area contributed by atoms with Gasteiger partial charge in [0.25, 0.3) is 0 Å². The van der Waals surface area contributed by atoms with Crippen LogP contribution in [0.15, 0.2) is 97.1 Å². The van der Waals surface area contributed by atoms with Crippen molar-refractivity contribution in [3.8, 4) is 0 Å². The van der Waals surface area contributed by atoms with E-state index in [-0.39, 0.29) is 5.91 Å². The lowest BCUT2D eigenvalue weighted by atomic mass is 10.0. The number of aromatic nitrogens is 2. The number of para-hydroxylation sites is 2. The first-order valence-corrected chi connectivity index (χ1v) is 10.5. The van der Waals surface area contributed by atoms with Crippen molar-refractivity contribution in [3.05, 3.63) is 108 Å². The molecular formula is C26H25N5O. The van der Waals surface area contributed by atoms with Gasteiger partial charge in [-0.15, -0.1) is 0 Å². The third kappa shape index (κ3) is 5.92. The summed E-state index contributed by atoms with van der Waals surface area (Å²) < 4.78 is 0. The minimum Gasteiger partial charge on any atom is -0.358 e. The standard InChI is InChI=1S/C26H25N5O/c1-19-17-24(31-26(27-19)29-22-15-9-4-10-16-22)30-23(18-20-11-5-2-6-12-20)25(32)28-21-13-7-3-8-14-21/h2-17,23H,18H2,1H3,(H,28,32)(H2,27,29,30,31)/t23-/m0/s1. The summed E-state index contributed by atoms with van der Waals surface area (Å²) in [7, 11) is 0. The first kappa shape index (κ1) is 21.1. The summed E-state index contributed by atoms with van der Waals surface area (Å²) in [6, 6.07) is 30.4. The van der Waals surface area contributed by atoms with E-state index in [2.05, 4.69) is 25.9 Å². The second-order valence-electron chi connectivity index (χ2n) is 7.45. The van der Waals surface area contributed by atoms with E-state index >= 15 is 0 Å². The lowest BCUT2D eigenvalue weighted by Crippen LogP contribution is -2.37. The first-order chi connectivity index (χ1) is 15.7. The Hall–Kier alpha value is -4.19. The molecule has 1 atom stereocenters. The molecule has 0 spiro atoms. The monoisotopic (exact) mass is 423 g/mol. The number of hydrogen-bond acceptors (Lipinski definition) is 5. The third-order valence-electron chi connectivity index (χ3n) is 4.85. The van der Waals surface area contributed by atoms with E-state index in [1.165, 1.54) is 0 Å². The van der Waals surface area contributed by atoms with Gasteiger partial charge in [0.15, 0.2) is 0 Å². The van der Waals surface area contributed by atoms with Crippen LogP contribution in [0.25, 0.3) is 0 Å². The molecule has 3 N–H and O–H groups in total. The van der Waals surface area contributed by atoms with Crippen LogP contribution in [0.1, 0.15) is 11.3 Å². The van der Waals surface area contributed by atoms with Crippen molar-refractivity contribution in [1.29, 1.82) is 0 Å². The molecule has 0 aliphatic heterocycles. The van der Waals surface area contributed by atoms with Gasteiger partial charge in [0.1, 0.15) is 11.9 Å². The van der Waals surface area contributed by atoms with Gasteiger partial charge in [-0.2, -0.15) is 4.98 Å². The SMILES string of the molecule is Cc1cc(N[C@@H](Cc2ccccc2)C(=O)Nc2ccccc2)nc(Nc2ccccc2)n1. The predicted octanol–water partition coefficient (Wildman–Crippen LogP) is 5.19. The Morgan fingerprint density at radius 3 is 2.06 bits per heavy atom. The second-order valence-corrected chi connectivity index (χ2v) is 7.45. The maximum absolute atomic E-state index is 13.1. The van der Waals surface area contributed by atoms with E-state index in [0.29, 0.717) is 18.2 Å². The molecule has 1 amide bonds. The van der Waals surface area contributed by atoms with E-state index in [1.807, 2.05) is 104 Å². The van der Waals surface area contributed by atoms with E-state index in [9.17, 15) is 4.79 Å². The molecule has 0 aliphatic carbocycles. The fraction of sp³-hybridized carbons (Fsp3) is 0.115. The topological polar surface area (TPSA) is 78.9 Å². The highest BCUT2D eigenvalue weighted by Gasteiger charge is 2.20. The molecule has 160 valence electrons. The molecular weight excluding hydrogens is 398 g/mol. The molecule has 1 heterocycles. The van der Waals surface area contributed by atoms with Crippen molar-refractivity contribution < 1.29 is 4.79 Å². The fourth-order valence-electron chi connectivity index (χ4n) is 3.34. The van der Waals surface area contributed by atoms with E-state index < -0.39 is 6.04 Å². The minimum atomic E-state index is -0.517. The molecule has 32 heavy (non-hydrogen) atoms. The maximum Gasteiger partial charge on any atom is 0.247 e. The first-order valence-electron chi connectivity index (χ1n) is 10.5. The summed E-state index contributed by atoms with van der Waals surface area (Å²) in [5.41, 5.74) is 3.50. The fourth-order valence-corrected chi connectivity index (χ4v) is 3.34. The summed E-state index contributed by atoms with van der Waals surface area (Å²) in [6.45, 7) is 1.90. The Morgan fingerprint density at radius 1 is 0.812 bits per heavy atom. The van der Waals surface area contributed by atoms with Crippen LogP contribution in [0.2, 0.25) is 0 Å². The molecule has 0 saturated heterocycles. The van der Waals surface area contributed by atoms with Gasteiger partial charge in [0.2, 0.25) is 11.9 Å². The van der Waals surface area contributed by atoms with Crippen LogP contribution < -0.4 is 16.0 Å². The molecule has 0 unspecified atom stereocenters. The highest BCUT2D eigenvalue weighted by Crippen LogP contribution is 2.18. The van der Waals surface area contributed by atoms with Crippen LogP contribution in [-0.4, -0.2) is 21.9 Å². The van der Waals surface area contributed by atoms with Crippen molar-refractivity contribution in [2.75, 3.05) is 16.0 Å². The third-order valence-corrected chi connectivity index (χ3v) is 4.85. The van der Waals surface area contributed by atoms with Crippen LogP contribution in [0.3, 0.4) is 0 Å². The number of benzene rings is 3. The van der Waals surface area contributed by atoms with E-state index in [1.54, 1.807) is 0 Å². The van der Waals surface area contributed by atoms with E-state index in [4.69, 9.17) is 0 Å². The Bertz CT molecular complexity index is 1150. The quantitative estimate of drug-likeness (QED) is 0.363. The minimum absolute atomic E-state index is 0.131. The van der Waals surface area contributed by atoms with Crippen LogP contribution in [-0.2, 0) is 11.2 Å². The highest BCUT2D eigenvalue weighted by atomic mass is 16.2. The Kier molecular flexibility index (Phi) is 6.72. The number of amides is 1. The van der Waals surface area contributed by atoms with Gasteiger partial charge in [-0.05, 0) is 36.8 Å². The van der Waals surface area contributed by atoms with Gasteiger partial charge in [-0.1, -0.05) is 66.7 Å². The number of carbonyl (C=O) groups is 1. The molecule has 4 aromatic rings. The van der Waals surface area contributed by atoms with Crippen LogP contribution in [0.5, 0.6) is 0 Å². The van der Waals surface area contributed by atoms with Crippen LogP contribution in [0.4, 0.5) is 23.1 Å². The van der Waals surface area contributed by atoms with Crippen LogP contribution >= 0.6 is 0 Å². The van der Waals surface area contributed by atoms with Crippen molar-refractivity contribution in [2.45, 2.75) is 19.4 Å². The smallest absolute Gasteiger partial charge is 0.247 e. The van der Waals surface area contributed by atoms with Gasteiger partial charge in [-0.3, -0.25) is 4.79 Å².